The number of hydrogen-bond donors (Lipinski definition) is 2. The van der Waals surface area contributed by atoms with Crippen molar-refractivity contribution in [3.05, 3.63) is 28.8 Å². The van der Waals surface area contributed by atoms with Gasteiger partial charge in [0.25, 0.3) is 0 Å². The van der Waals surface area contributed by atoms with Crippen molar-refractivity contribution in [2.24, 2.45) is 5.92 Å². The van der Waals surface area contributed by atoms with Crippen LogP contribution in [0.15, 0.2) is 18.2 Å². The second-order valence-corrected chi connectivity index (χ2v) is 5.34. The van der Waals surface area contributed by atoms with Gasteiger partial charge in [-0.25, -0.2) is 0 Å². The van der Waals surface area contributed by atoms with Gasteiger partial charge in [0.2, 0.25) is 0 Å². The van der Waals surface area contributed by atoms with Crippen LogP contribution in [-0.2, 0) is 4.74 Å². The number of ether oxygens (including phenoxy) is 1. The van der Waals surface area contributed by atoms with Crippen molar-refractivity contribution in [3.63, 3.8) is 0 Å². The lowest BCUT2D eigenvalue weighted by atomic mass is 10.2. The molecule has 0 aliphatic rings. The largest absolute Gasteiger partial charge is 0.389 e. The van der Waals surface area contributed by atoms with Crippen LogP contribution in [0.2, 0.25) is 5.02 Å². The molecule has 0 radical (unpaired) electrons. The van der Waals surface area contributed by atoms with E-state index in [2.05, 4.69) is 19.2 Å². The van der Waals surface area contributed by atoms with E-state index in [1.807, 2.05) is 25.1 Å². The molecule has 1 aromatic rings. The molecule has 0 saturated heterocycles. The third-order valence-corrected chi connectivity index (χ3v) is 2.88. The Morgan fingerprint density at radius 2 is 2.06 bits per heavy atom. The smallest absolute Gasteiger partial charge is 0.0945 e. The quantitative estimate of drug-likeness (QED) is 0.801. The summed E-state index contributed by atoms with van der Waals surface area (Å²) in [5, 5.41) is 13.6. The topological polar surface area (TPSA) is 41.5 Å². The van der Waals surface area contributed by atoms with Gasteiger partial charge in [0.15, 0.2) is 0 Å². The normalized spacial score (nSPS) is 12.8. The minimum absolute atomic E-state index is 0.352. The summed E-state index contributed by atoms with van der Waals surface area (Å²) >= 11 is 6.02. The van der Waals surface area contributed by atoms with Crippen LogP contribution in [0.5, 0.6) is 0 Å². The summed E-state index contributed by atoms with van der Waals surface area (Å²) in [6, 6.07) is 5.76. The molecule has 1 atom stereocenters. The molecule has 18 heavy (non-hydrogen) atoms. The molecule has 1 aromatic carbocycles. The van der Waals surface area contributed by atoms with E-state index in [0.29, 0.717) is 25.7 Å². The fourth-order valence-electron chi connectivity index (χ4n) is 1.44. The number of rotatable bonds is 7. The fraction of sp³-hybridized carbons (Fsp3) is 0.571. The Balaban J connectivity index is 2.29. The number of benzene rings is 1. The van der Waals surface area contributed by atoms with E-state index in [9.17, 15) is 5.11 Å². The summed E-state index contributed by atoms with van der Waals surface area (Å²) in [5.74, 6) is 0.487. The van der Waals surface area contributed by atoms with Crippen molar-refractivity contribution in [2.75, 3.05) is 25.1 Å². The van der Waals surface area contributed by atoms with E-state index >= 15 is 0 Å². The van der Waals surface area contributed by atoms with Crippen molar-refractivity contribution in [2.45, 2.75) is 26.9 Å². The van der Waals surface area contributed by atoms with Crippen molar-refractivity contribution in [3.8, 4) is 0 Å². The molecule has 0 spiro atoms. The van der Waals surface area contributed by atoms with Gasteiger partial charge in [-0.05, 0) is 30.5 Å². The molecule has 0 aromatic heterocycles. The van der Waals surface area contributed by atoms with Crippen LogP contribution in [0.3, 0.4) is 0 Å². The first-order valence-corrected chi connectivity index (χ1v) is 6.62. The standard InChI is InChI=1S/C14H22ClNO2/c1-10(2)8-18-9-13(17)7-16-12-5-4-11(3)14(15)6-12/h4-6,10,13,16-17H,7-9H2,1-3H3. The summed E-state index contributed by atoms with van der Waals surface area (Å²) in [6.07, 6.45) is -0.510. The van der Waals surface area contributed by atoms with E-state index in [4.69, 9.17) is 16.3 Å². The molecule has 0 amide bonds. The lowest BCUT2D eigenvalue weighted by Crippen LogP contribution is -2.25. The van der Waals surface area contributed by atoms with E-state index in [-0.39, 0.29) is 0 Å². The Labute approximate surface area is 114 Å². The summed E-state index contributed by atoms with van der Waals surface area (Å²) in [4.78, 5) is 0. The number of aryl methyl sites for hydroxylation is 1. The van der Waals surface area contributed by atoms with Crippen LogP contribution in [0.25, 0.3) is 0 Å². The number of aliphatic hydroxyl groups is 1. The Hall–Kier alpha value is -0.770. The second-order valence-electron chi connectivity index (χ2n) is 4.93. The Morgan fingerprint density at radius 1 is 1.33 bits per heavy atom. The van der Waals surface area contributed by atoms with Crippen molar-refractivity contribution in [1.82, 2.24) is 0 Å². The van der Waals surface area contributed by atoms with Gasteiger partial charge in [0.1, 0.15) is 0 Å². The predicted octanol–water partition coefficient (Wildman–Crippen LogP) is 3.09. The maximum atomic E-state index is 9.73. The minimum atomic E-state index is -0.510. The van der Waals surface area contributed by atoms with Crippen molar-refractivity contribution in [1.29, 1.82) is 0 Å². The highest BCUT2D eigenvalue weighted by molar-refractivity contribution is 6.31. The third kappa shape index (κ3) is 5.71. The first kappa shape index (κ1) is 15.3. The molecule has 0 saturated carbocycles. The van der Waals surface area contributed by atoms with E-state index < -0.39 is 6.10 Å². The second kappa shape index (κ2) is 7.62. The molecule has 0 fully saturated rings. The molecular formula is C14H22ClNO2. The molecule has 0 heterocycles. The number of nitrogens with one attached hydrogen (secondary N) is 1. The zero-order valence-corrected chi connectivity index (χ0v) is 12.0. The molecule has 1 rings (SSSR count). The number of aliphatic hydroxyl groups excluding tert-OH is 1. The van der Waals surface area contributed by atoms with Crippen molar-refractivity contribution >= 4 is 17.3 Å². The van der Waals surface area contributed by atoms with Gasteiger partial charge in [-0.3, -0.25) is 0 Å². The van der Waals surface area contributed by atoms with Gasteiger partial charge in [-0.15, -0.1) is 0 Å². The Kier molecular flexibility index (Phi) is 6.47. The van der Waals surface area contributed by atoms with Crippen LogP contribution >= 0.6 is 11.6 Å². The van der Waals surface area contributed by atoms with Crippen LogP contribution in [0.1, 0.15) is 19.4 Å². The molecule has 0 bridgehead atoms. The fourth-order valence-corrected chi connectivity index (χ4v) is 1.62. The van der Waals surface area contributed by atoms with E-state index in [1.165, 1.54) is 0 Å². The third-order valence-electron chi connectivity index (χ3n) is 2.48. The van der Waals surface area contributed by atoms with Gasteiger partial charge >= 0.3 is 0 Å². The molecule has 0 aliphatic heterocycles. The lowest BCUT2D eigenvalue weighted by molar-refractivity contribution is 0.0318. The summed E-state index contributed by atoms with van der Waals surface area (Å²) < 4.78 is 5.37. The zero-order valence-electron chi connectivity index (χ0n) is 11.2. The summed E-state index contributed by atoms with van der Waals surface area (Å²) in [5.41, 5.74) is 1.96. The maximum Gasteiger partial charge on any atom is 0.0945 e. The SMILES string of the molecule is Cc1ccc(NCC(O)COCC(C)C)cc1Cl. The van der Waals surface area contributed by atoms with Crippen LogP contribution in [0, 0.1) is 12.8 Å². The molecule has 4 heteroatoms. The van der Waals surface area contributed by atoms with Crippen LogP contribution < -0.4 is 5.32 Å². The van der Waals surface area contributed by atoms with Crippen molar-refractivity contribution < 1.29 is 9.84 Å². The number of anilines is 1. The molecule has 1 unspecified atom stereocenters. The summed E-state index contributed by atoms with van der Waals surface area (Å²) in [7, 11) is 0. The minimum Gasteiger partial charge on any atom is -0.389 e. The number of hydrogen-bond acceptors (Lipinski definition) is 3. The maximum absolute atomic E-state index is 9.73. The molecule has 0 aliphatic carbocycles. The van der Waals surface area contributed by atoms with E-state index in [1.54, 1.807) is 0 Å². The molecule has 102 valence electrons. The molecule has 2 N–H and O–H groups in total. The monoisotopic (exact) mass is 271 g/mol. The first-order valence-electron chi connectivity index (χ1n) is 6.25. The van der Waals surface area contributed by atoms with Gasteiger partial charge < -0.3 is 15.2 Å². The molecular weight excluding hydrogens is 250 g/mol. The summed E-state index contributed by atoms with van der Waals surface area (Å²) in [6.45, 7) is 7.61. The average molecular weight is 272 g/mol. The highest BCUT2D eigenvalue weighted by atomic mass is 35.5. The highest BCUT2D eigenvalue weighted by Crippen LogP contribution is 2.19. The van der Waals surface area contributed by atoms with Gasteiger partial charge in [0.05, 0.1) is 12.7 Å². The van der Waals surface area contributed by atoms with Gasteiger partial charge in [-0.1, -0.05) is 31.5 Å². The number of halogens is 1. The predicted molar refractivity (Wildman–Crippen MR) is 76.3 cm³/mol. The highest BCUT2D eigenvalue weighted by Gasteiger charge is 2.05. The van der Waals surface area contributed by atoms with E-state index in [0.717, 1.165) is 16.3 Å². The zero-order chi connectivity index (χ0) is 13.5. The average Bonchev–Trinajstić information content (AvgIpc) is 2.30. The van der Waals surface area contributed by atoms with Crippen LogP contribution in [-0.4, -0.2) is 31.0 Å². The lowest BCUT2D eigenvalue weighted by Gasteiger charge is -2.14. The Morgan fingerprint density at radius 3 is 2.67 bits per heavy atom. The molecule has 3 nitrogen and oxygen atoms in total. The van der Waals surface area contributed by atoms with Gasteiger partial charge in [-0.2, -0.15) is 0 Å². The van der Waals surface area contributed by atoms with Gasteiger partial charge in [0, 0.05) is 23.9 Å². The van der Waals surface area contributed by atoms with Crippen LogP contribution in [0.4, 0.5) is 5.69 Å². The first-order chi connectivity index (χ1) is 8.49. The Bertz CT molecular complexity index is 369.